The lowest BCUT2D eigenvalue weighted by Gasteiger charge is -2.37. The molecule has 6 nitrogen and oxygen atoms in total. The van der Waals surface area contributed by atoms with Gasteiger partial charge in [-0.2, -0.15) is 0 Å². The van der Waals surface area contributed by atoms with Crippen LogP contribution in [0.25, 0.3) is 0 Å². The Morgan fingerprint density at radius 2 is 1.89 bits per heavy atom. The number of hydrogen-bond donors (Lipinski definition) is 0. The molecule has 6 heteroatoms. The number of piperidine rings is 1. The third kappa shape index (κ3) is 3.66. The molecule has 1 saturated heterocycles. The van der Waals surface area contributed by atoms with E-state index in [1.54, 1.807) is 0 Å². The third-order valence-electron chi connectivity index (χ3n) is 5.58. The van der Waals surface area contributed by atoms with Crippen LogP contribution in [0.1, 0.15) is 32.5 Å². The number of nitrogens with zero attached hydrogens (tertiary/aromatic N) is 3. The van der Waals surface area contributed by atoms with Crippen molar-refractivity contribution >= 4 is 5.91 Å². The van der Waals surface area contributed by atoms with Crippen molar-refractivity contribution in [2.75, 3.05) is 13.1 Å². The first-order chi connectivity index (χ1) is 13.2. The van der Waals surface area contributed by atoms with Crippen molar-refractivity contribution in [3.63, 3.8) is 0 Å². The van der Waals surface area contributed by atoms with E-state index in [4.69, 9.17) is 9.47 Å². The summed E-state index contributed by atoms with van der Waals surface area (Å²) in [5.41, 5.74) is 0. The van der Waals surface area contributed by atoms with Crippen molar-refractivity contribution in [3.8, 4) is 11.5 Å². The number of aryl methyl sites for hydroxylation is 1. The number of imidazole rings is 1. The van der Waals surface area contributed by atoms with Crippen LogP contribution >= 0.6 is 0 Å². The summed E-state index contributed by atoms with van der Waals surface area (Å²) in [5, 5.41) is 0. The van der Waals surface area contributed by atoms with E-state index >= 15 is 0 Å². The highest BCUT2D eigenvalue weighted by Crippen LogP contribution is 2.34. The number of para-hydroxylation sites is 2. The Morgan fingerprint density at radius 1 is 1.19 bits per heavy atom. The summed E-state index contributed by atoms with van der Waals surface area (Å²) in [6.45, 7) is 6.56. The highest BCUT2D eigenvalue weighted by molar-refractivity contribution is 5.82. The highest BCUT2D eigenvalue weighted by Gasteiger charge is 2.37. The van der Waals surface area contributed by atoms with Gasteiger partial charge in [-0.3, -0.25) is 4.79 Å². The Morgan fingerprint density at radius 3 is 2.59 bits per heavy atom. The largest absolute Gasteiger partial charge is 0.482 e. The van der Waals surface area contributed by atoms with Gasteiger partial charge >= 0.3 is 0 Å². The summed E-state index contributed by atoms with van der Waals surface area (Å²) < 4.78 is 14.1. The van der Waals surface area contributed by atoms with Gasteiger partial charge in [-0.1, -0.05) is 19.1 Å². The number of hydrogen-bond acceptors (Lipinski definition) is 4. The van der Waals surface area contributed by atoms with Crippen molar-refractivity contribution in [3.05, 3.63) is 42.5 Å². The quantitative estimate of drug-likeness (QED) is 0.832. The van der Waals surface area contributed by atoms with E-state index in [9.17, 15) is 4.79 Å². The first kappa shape index (κ1) is 17.9. The maximum atomic E-state index is 13.0. The van der Waals surface area contributed by atoms with Gasteiger partial charge in [-0.15, -0.1) is 0 Å². The molecule has 0 saturated carbocycles. The summed E-state index contributed by atoms with van der Waals surface area (Å²) in [4.78, 5) is 19.3. The fraction of sp³-hybridized carbons (Fsp3) is 0.524. The molecule has 1 amide bonds. The first-order valence-corrected chi connectivity index (χ1v) is 9.87. The number of amides is 1. The van der Waals surface area contributed by atoms with E-state index in [0.717, 1.165) is 44.7 Å². The second-order valence-corrected chi connectivity index (χ2v) is 7.43. The van der Waals surface area contributed by atoms with Gasteiger partial charge < -0.3 is 18.9 Å². The minimum atomic E-state index is -0.572. The van der Waals surface area contributed by atoms with Crippen LogP contribution in [-0.4, -0.2) is 45.7 Å². The molecule has 0 aliphatic carbocycles. The average molecular weight is 369 g/mol. The smallest absolute Gasteiger partial charge is 0.267 e. The zero-order valence-corrected chi connectivity index (χ0v) is 16.0. The summed E-state index contributed by atoms with van der Waals surface area (Å²) >= 11 is 0. The van der Waals surface area contributed by atoms with Gasteiger partial charge in [0.15, 0.2) is 11.5 Å². The van der Waals surface area contributed by atoms with Gasteiger partial charge in [-0.25, -0.2) is 4.98 Å². The number of ether oxygens (including phenoxy) is 2. The van der Waals surface area contributed by atoms with Gasteiger partial charge in [0.2, 0.25) is 6.10 Å². The standard InChI is InChI=1S/C21H27N3O3/c1-3-19-22-10-13-24(19)14-16-8-11-23(12-9-16)21(25)20-15(2)26-17-6-4-5-7-18(17)27-20/h4-7,10,13,15-16,20H,3,8-9,11-12,14H2,1-2H3. The molecule has 2 aliphatic rings. The number of likely N-dealkylation sites (tertiary alicyclic amines) is 1. The molecule has 0 N–H and O–H groups in total. The zero-order valence-electron chi connectivity index (χ0n) is 16.0. The Hall–Kier alpha value is -2.50. The molecule has 27 heavy (non-hydrogen) atoms. The number of aromatic nitrogens is 2. The maximum absolute atomic E-state index is 13.0. The molecule has 0 spiro atoms. The monoisotopic (exact) mass is 369 g/mol. The van der Waals surface area contributed by atoms with Crippen LogP contribution in [0, 0.1) is 5.92 Å². The predicted octanol–water partition coefficient (Wildman–Crippen LogP) is 2.91. The van der Waals surface area contributed by atoms with E-state index in [0.29, 0.717) is 17.4 Å². The van der Waals surface area contributed by atoms with E-state index in [1.807, 2.05) is 42.3 Å². The van der Waals surface area contributed by atoms with Crippen molar-refractivity contribution in [2.24, 2.45) is 5.92 Å². The molecule has 2 atom stereocenters. The molecule has 2 aliphatic heterocycles. The summed E-state index contributed by atoms with van der Waals surface area (Å²) in [7, 11) is 0. The molecule has 3 heterocycles. The Balaban J connectivity index is 1.35. The molecular formula is C21H27N3O3. The van der Waals surface area contributed by atoms with E-state index in [1.165, 1.54) is 0 Å². The zero-order chi connectivity index (χ0) is 18.8. The molecule has 2 aromatic rings. The molecular weight excluding hydrogens is 342 g/mol. The lowest BCUT2D eigenvalue weighted by molar-refractivity contribution is -0.145. The highest BCUT2D eigenvalue weighted by atomic mass is 16.6. The Kier molecular flexibility index (Phi) is 5.05. The predicted molar refractivity (Wildman–Crippen MR) is 102 cm³/mol. The lowest BCUT2D eigenvalue weighted by atomic mass is 9.96. The number of fused-ring (bicyclic) bond motifs is 1. The van der Waals surface area contributed by atoms with E-state index in [2.05, 4.69) is 22.7 Å². The van der Waals surface area contributed by atoms with Gasteiger partial charge in [0.05, 0.1) is 0 Å². The van der Waals surface area contributed by atoms with Crippen LogP contribution in [0.3, 0.4) is 0 Å². The van der Waals surface area contributed by atoms with Crippen LogP contribution in [-0.2, 0) is 17.8 Å². The number of rotatable bonds is 4. The molecule has 1 aromatic heterocycles. The second kappa shape index (κ2) is 7.62. The van der Waals surface area contributed by atoms with Crippen LogP contribution in [0.5, 0.6) is 11.5 Å². The fourth-order valence-corrected chi connectivity index (χ4v) is 4.01. The van der Waals surface area contributed by atoms with Crippen LogP contribution in [0.4, 0.5) is 0 Å². The molecule has 144 valence electrons. The van der Waals surface area contributed by atoms with Crippen LogP contribution in [0.2, 0.25) is 0 Å². The van der Waals surface area contributed by atoms with Gasteiger partial charge in [0, 0.05) is 38.4 Å². The van der Waals surface area contributed by atoms with E-state index in [-0.39, 0.29) is 12.0 Å². The molecule has 0 radical (unpaired) electrons. The van der Waals surface area contributed by atoms with E-state index < -0.39 is 6.10 Å². The van der Waals surface area contributed by atoms with Crippen molar-refractivity contribution in [2.45, 2.75) is 51.9 Å². The number of carbonyl (C=O) groups is 1. The molecule has 1 fully saturated rings. The van der Waals surface area contributed by atoms with Gasteiger partial charge in [0.1, 0.15) is 11.9 Å². The minimum absolute atomic E-state index is 0.0346. The summed E-state index contributed by atoms with van der Waals surface area (Å²) in [5.74, 6) is 3.10. The first-order valence-electron chi connectivity index (χ1n) is 9.87. The number of benzene rings is 1. The van der Waals surface area contributed by atoms with Crippen molar-refractivity contribution < 1.29 is 14.3 Å². The molecule has 1 aromatic carbocycles. The third-order valence-corrected chi connectivity index (χ3v) is 5.58. The lowest BCUT2D eigenvalue weighted by Crippen LogP contribution is -2.52. The molecule has 2 unspecified atom stereocenters. The fourth-order valence-electron chi connectivity index (χ4n) is 4.01. The minimum Gasteiger partial charge on any atom is -0.482 e. The topological polar surface area (TPSA) is 56.6 Å². The molecule has 4 rings (SSSR count). The summed E-state index contributed by atoms with van der Waals surface area (Å²) in [6, 6.07) is 7.53. The Labute approximate surface area is 160 Å². The van der Waals surface area contributed by atoms with Crippen molar-refractivity contribution in [1.29, 1.82) is 0 Å². The van der Waals surface area contributed by atoms with Crippen molar-refractivity contribution in [1.82, 2.24) is 14.5 Å². The maximum Gasteiger partial charge on any atom is 0.267 e. The van der Waals surface area contributed by atoms with Crippen LogP contribution in [0.15, 0.2) is 36.7 Å². The number of carbonyl (C=O) groups excluding carboxylic acids is 1. The Bertz CT molecular complexity index is 795. The van der Waals surface area contributed by atoms with Crippen LogP contribution < -0.4 is 9.47 Å². The van der Waals surface area contributed by atoms with Gasteiger partial charge in [-0.05, 0) is 37.8 Å². The molecule has 0 bridgehead atoms. The second-order valence-electron chi connectivity index (χ2n) is 7.43. The van der Waals surface area contributed by atoms with Gasteiger partial charge in [0.25, 0.3) is 5.91 Å². The summed E-state index contributed by atoms with van der Waals surface area (Å²) in [6.07, 6.45) is 6.03. The average Bonchev–Trinajstić information content (AvgIpc) is 3.14. The SMILES string of the molecule is CCc1nccn1CC1CCN(C(=O)C2Oc3ccccc3OC2C)CC1. The normalized spacial score (nSPS) is 22.7.